The van der Waals surface area contributed by atoms with Gasteiger partial charge in [-0.15, -0.1) is 11.3 Å². The first-order chi connectivity index (χ1) is 9.19. The third kappa shape index (κ3) is 2.91. The van der Waals surface area contributed by atoms with Crippen LogP contribution in [0.5, 0.6) is 11.5 Å². The minimum absolute atomic E-state index is 0.767. The lowest BCUT2D eigenvalue weighted by Gasteiger charge is -2.14. The van der Waals surface area contributed by atoms with E-state index >= 15 is 0 Å². The van der Waals surface area contributed by atoms with E-state index < -0.39 is 0 Å². The summed E-state index contributed by atoms with van der Waals surface area (Å²) in [5.41, 5.74) is 2.41. The van der Waals surface area contributed by atoms with Gasteiger partial charge in [-0.3, -0.25) is 0 Å². The highest BCUT2D eigenvalue weighted by Gasteiger charge is 2.13. The standard InChI is InChI=1S/C15H19NO2S/c1-10-5-6-15(19-10)12-8-14(18-4)13(17-3)7-11(12)9-16-2/h5-8,16H,9H2,1-4H3. The van der Waals surface area contributed by atoms with Crippen molar-refractivity contribution in [2.75, 3.05) is 21.3 Å². The molecular weight excluding hydrogens is 258 g/mol. The van der Waals surface area contributed by atoms with Crippen LogP contribution in [0.3, 0.4) is 0 Å². The van der Waals surface area contributed by atoms with Gasteiger partial charge in [0.1, 0.15) is 0 Å². The van der Waals surface area contributed by atoms with Crippen molar-refractivity contribution < 1.29 is 9.47 Å². The highest BCUT2D eigenvalue weighted by Crippen LogP contribution is 2.38. The number of ether oxygens (including phenoxy) is 2. The Kier molecular flexibility index (Phi) is 4.45. The van der Waals surface area contributed by atoms with Gasteiger partial charge < -0.3 is 14.8 Å². The summed E-state index contributed by atoms with van der Waals surface area (Å²) in [5.74, 6) is 1.54. The summed E-state index contributed by atoms with van der Waals surface area (Å²) in [4.78, 5) is 2.56. The Hall–Kier alpha value is -1.52. The van der Waals surface area contributed by atoms with Gasteiger partial charge in [-0.05, 0) is 43.8 Å². The second-order valence-corrected chi connectivity index (χ2v) is 5.59. The molecule has 0 unspecified atom stereocenters. The van der Waals surface area contributed by atoms with Gasteiger partial charge >= 0.3 is 0 Å². The molecule has 0 fully saturated rings. The minimum Gasteiger partial charge on any atom is -0.493 e. The van der Waals surface area contributed by atoms with Crippen LogP contribution in [-0.2, 0) is 6.54 Å². The molecule has 0 aliphatic rings. The average molecular weight is 277 g/mol. The van der Waals surface area contributed by atoms with E-state index in [-0.39, 0.29) is 0 Å². The van der Waals surface area contributed by atoms with Crippen LogP contribution in [0.4, 0.5) is 0 Å². The summed E-state index contributed by atoms with van der Waals surface area (Å²) in [6.07, 6.45) is 0. The van der Waals surface area contributed by atoms with E-state index in [1.165, 1.54) is 20.9 Å². The molecule has 0 aliphatic heterocycles. The second kappa shape index (κ2) is 6.08. The Morgan fingerprint density at radius 3 is 2.32 bits per heavy atom. The molecule has 19 heavy (non-hydrogen) atoms. The van der Waals surface area contributed by atoms with Gasteiger partial charge in [-0.2, -0.15) is 0 Å². The van der Waals surface area contributed by atoms with Gasteiger partial charge in [0, 0.05) is 21.9 Å². The van der Waals surface area contributed by atoms with Crippen LogP contribution in [0.1, 0.15) is 10.4 Å². The normalized spacial score (nSPS) is 10.5. The maximum absolute atomic E-state index is 5.40. The minimum atomic E-state index is 0.767. The molecule has 1 aromatic carbocycles. The van der Waals surface area contributed by atoms with E-state index in [9.17, 15) is 0 Å². The molecule has 0 atom stereocenters. The molecule has 4 heteroatoms. The van der Waals surface area contributed by atoms with Gasteiger partial charge in [0.05, 0.1) is 14.2 Å². The van der Waals surface area contributed by atoms with E-state index in [0.717, 1.165) is 18.0 Å². The van der Waals surface area contributed by atoms with Crippen molar-refractivity contribution in [3.05, 3.63) is 34.7 Å². The number of benzene rings is 1. The molecule has 0 spiro atoms. The highest BCUT2D eigenvalue weighted by atomic mass is 32.1. The summed E-state index contributed by atoms with van der Waals surface area (Å²) in [6.45, 7) is 2.92. The lowest BCUT2D eigenvalue weighted by atomic mass is 10.0. The SMILES string of the molecule is CNCc1cc(OC)c(OC)cc1-c1ccc(C)s1. The summed E-state index contributed by atoms with van der Waals surface area (Å²) >= 11 is 1.79. The number of nitrogens with one attached hydrogen (secondary N) is 1. The third-order valence-corrected chi connectivity index (χ3v) is 4.02. The molecule has 1 N–H and O–H groups in total. The molecule has 0 saturated heterocycles. The highest BCUT2D eigenvalue weighted by molar-refractivity contribution is 7.15. The molecule has 0 amide bonds. The zero-order valence-electron chi connectivity index (χ0n) is 11.7. The average Bonchev–Trinajstić information content (AvgIpc) is 2.85. The van der Waals surface area contributed by atoms with E-state index in [4.69, 9.17) is 9.47 Å². The first-order valence-electron chi connectivity index (χ1n) is 6.16. The van der Waals surface area contributed by atoms with Gasteiger partial charge in [0.2, 0.25) is 0 Å². The zero-order chi connectivity index (χ0) is 13.8. The Bertz CT molecular complexity index is 563. The quantitative estimate of drug-likeness (QED) is 0.908. The number of aryl methyl sites for hydroxylation is 1. The molecule has 102 valence electrons. The van der Waals surface area contributed by atoms with Crippen molar-refractivity contribution in [1.29, 1.82) is 0 Å². The Labute approximate surface area is 118 Å². The van der Waals surface area contributed by atoms with Crippen molar-refractivity contribution in [2.45, 2.75) is 13.5 Å². The van der Waals surface area contributed by atoms with Crippen LogP contribution >= 0.6 is 11.3 Å². The van der Waals surface area contributed by atoms with Crippen LogP contribution in [-0.4, -0.2) is 21.3 Å². The van der Waals surface area contributed by atoms with Gasteiger partial charge in [0.25, 0.3) is 0 Å². The van der Waals surface area contributed by atoms with Crippen LogP contribution in [0.2, 0.25) is 0 Å². The number of hydrogen-bond donors (Lipinski definition) is 1. The van der Waals surface area contributed by atoms with Crippen LogP contribution < -0.4 is 14.8 Å². The first kappa shape index (κ1) is 13.9. The largest absolute Gasteiger partial charge is 0.493 e. The lowest BCUT2D eigenvalue weighted by Crippen LogP contribution is -2.07. The molecule has 1 heterocycles. The van der Waals surface area contributed by atoms with Crippen molar-refractivity contribution in [3.8, 4) is 21.9 Å². The van der Waals surface area contributed by atoms with Crippen LogP contribution in [0, 0.1) is 6.92 Å². The van der Waals surface area contributed by atoms with Crippen molar-refractivity contribution >= 4 is 11.3 Å². The van der Waals surface area contributed by atoms with Crippen LogP contribution in [0.25, 0.3) is 10.4 Å². The molecule has 2 aromatic rings. The van der Waals surface area contributed by atoms with Crippen molar-refractivity contribution in [2.24, 2.45) is 0 Å². The smallest absolute Gasteiger partial charge is 0.161 e. The zero-order valence-corrected chi connectivity index (χ0v) is 12.6. The maximum atomic E-state index is 5.40. The van der Waals surface area contributed by atoms with Crippen LogP contribution in [0.15, 0.2) is 24.3 Å². The molecule has 0 radical (unpaired) electrons. The maximum Gasteiger partial charge on any atom is 0.161 e. The summed E-state index contributed by atoms with van der Waals surface area (Å²) in [5, 5.41) is 3.20. The predicted octanol–water partition coefficient (Wildman–Crippen LogP) is 3.46. The van der Waals surface area contributed by atoms with E-state index in [0.29, 0.717) is 0 Å². The lowest BCUT2D eigenvalue weighted by molar-refractivity contribution is 0.354. The van der Waals surface area contributed by atoms with Gasteiger partial charge in [-0.25, -0.2) is 0 Å². The van der Waals surface area contributed by atoms with Crippen molar-refractivity contribution in [3.63, 3.8) is 0 Å². The summed E-state index contributed by atoms with van der Waals surface area (Å²) in [6, 6.07) is 8.39. The fraction of sp³-hybridized carbons (Fsp3) is 0.333. The number of rotatable bonds is 5. The molecule has 0 saturated carbocycles. The van der Waals surface area contributed by atoms with E-state index in [2.05, 4.69) is 30.4 Å². The Morgan fingerprint density at radius 2 is 1.79 bits per heavy atom. The summed E-state index contributed by atoms with van der Waals surface area (Å²) in [7, 11) is 5.27. The second-order valence-electron chi connectivity index (χ2n) is 4.30. The predicted molar refractivity (Wildman–Crippen MR) is 80.4 cm³/mol. The fourth-order valence-electron chi connectivity index (χ4n) is 2.07. The molecule has 0 aliphatic carbocycles. The Morgan fingerprint density at radius 1 is 1.11 bits per heavy atom. The molecule has 2 rings (SSSR count). The number of hydrogen-bond acceptors (Lipinski definition) is 4. The monoisotopic (exact) mass is 277 g/mol. The van der Waals surface area contributed by atoms with E-state index in [1.807, 2.05) is 13.1 Å². The summed E-state index contributed by atoms with van der Waals surface area (Å²) < 4.78 is 10.8. The van der Waals surface area contributed by atoms with Crippen molar-refractivity contribution in [1.82, 2.24) is 5.32 Å². The number of methoxy groups -OCH3 is 2. The first-order valence-corrected chi connectivity index (χ1v) is 6.97. The number of thiophene rings is 1. The third-order valence-electron chi connectivity index (χ3n) is 2.98. The molecule has 0 bridgehead atoms. The fourth-order valence-corrected chi connectivity index (χ4v) is 2.99. The molecular formula is C15H19NO2S. The molecule has 3 nitrogen and oxygen atoms in total. The molecule has 1 aromatic heterocycles. The van der Waals surface area contributed by atoms with Gasteiger partial charge in [0.15, 0.2) is 11.5 Å². The Balaban J connectivity index is 2.56. The topological polar surface area (TPSA) is 30.5 Å². The van der Waals surface area contributed by atoms with Gasteiger partial charge in [-0.1, -0.05) is 0 Å². The van der Waals surface area contributed by atoms with E-state index in [1.54, 1.807) is 25.6 Å².